The summed E-state index contributed by atoms with van der Waals surface area (Å²) in [4.78, 5) is 0. The summed E-state index contributed by atoms with van der Waals surface area (Å²) in [6, 6.07) is 2.20. The Morgan fingerprint density at radius 2 is 2.09 bits per heavy atom. The van der Waals surface area contributed by atoms with Crippen LogP contribution in [0.2, 0.25) is 0 Å². The Bertz CT molecular complexity index is 562. The standard InChI is InChI=1S/C20H30O2/c1-13-14-5-6-18-19(2,12-21)8-4-9-20(18,3)16(14)11-17-15(13)7-10-22-17/h7,10,13-14,16,18,21H,4-6,8-9,11-12H2,1-3H3/t13-,14+,16+,18+,19-,20-/m1/s1. The lowest BCUT2D eigenvalue weighted by molar-refractivity contribution is -0.126. The summed E-state index contributed by atoms with van der Waals surface area (Å²) in [6.45, 7) is 7.62. The minimum Gasteiger partial charge on any atom is -0.469 e. The third-order valence-corrected chi connectivity index (χ3v) is 7.93. The first-order valence-electron chi connectivity index (χ1n) is 9.17. The van der Waals surface area contributed by atoms with Gasteiger partial charge in [0.2, 0.25) is 0 Å². The lowest BCUT2D eigenvalue weighted by Gasteiger charge is -2.61. The lowest BCUT2D eigenvalue weighted by Crippen LogP contribution is -2.55. The number of hydrogen-bond acceptors (Lipinski definition) is 2. The molecule has 2 saturated carbocycles. The maximum atomic E-state index is 10.1. The zero-order chi connectivity index (χ0) is 15.5. The van der Waals surface area contributed by atoms with E-state index in [4.69, 9.17) is 4.42 Å². The van der Waals surface area contributed by atoms with Gasteiger partial charge in [0.1, 0.15) is 5.76 Å². The fraction of sp³-hybridized carbons (Fsp3) is 0.800. The second-order valence-corrected chi connectivity index (χ2v) is 8.86. The quantitative estimate of drug-likeness (QED) is 0.810. The lowest BCUT2D eigenvalue weighted by atomic mass is 9.43. The van der Waals surface area contributed by atoms with Crippen LogP contribution in [-0.2, 0) is 6.42 Å². The van der Waals surface area contributed by atoms with Crippen LogP contribution >= 0.6 is 0 Å². The number of rotatable bonds is 1. The molecular formula is C20H30O2. The van der Waals surface area contributed by atoms with Crippen molar-refractivity contribution in [3.05, 3.63) is 23.7 Å². The van der Waals surface area contributed by atoms with Gasteiger partial charge in [-0.3, -0.25) is 0 Å². The summed E-state index contributed by atoms with van der Waals surface area (Å²) >= 11 is 0. The molecule has 0 saturated heterocycles. The molecule has 0 amide bonds. The molecule has 1 heterocycles. The first kappa shape index (κ1) is 14.8. The number of aliphatic hydroxyl groups is 1. The topological polar surface area (TPSA) is 33.4 Å². The van der Waals surface area contributed by atoms with Crippen molar-refractivity contribution in [2.45, 2.75) is 65.2 Å². The predicted octanol–water partition coefficient (Wildman–Crippen LogP) is 4.77. The van der Waals surface area contributed by atoms with Crippen LogP contribution in [0.25, 0.3) is 0 Å². The van der Waals surface area contributed by atoms with E-state index in [0.717, 1.165) is 18.3 Å². The zero-order valence-electron chi connectivity index (χ0n) is 14.3. The van der Waals surface area contributed by atoms with E-state index in [2.05, 4.69) is 26.8 Å². The average molecular weight is 302 g/mol. The van der Waals surface area contributed by atoms with Gasteiger partial charge in [0, 0.05) is 13.0 Å². The van der Waals surface area contributed by atoms with Crippen molar-refractivity contribution in [1.82, 2.24) is 0 Å². The van der Waals surface area contributed by atoms with Gasteiger partial charge in [-0.1, -0.05) is 27.2 Å². The van der Waals surface area contributed by atoms with Crippen molar-refractivity contribution in [3.63, 3.8) is 0 Å². The second-order valence-electron chi connectivity index (χ2n) is 8.86. The molecule has 0 aliphatic heterocycles. The van der Waals surface area contributed by atoms with Crippen LogP contribution in [0.3, 0.4) is 0 Å². The molecule has 0 radical (unpaired) electrons. The normalized spacial score (nSPS) is 47.5. The summed E-state index contributed by atoms with van der Waals surface area (Å²) < 4.78 is 5.83. The molecule has 4 rings (SSSR count). The largest absolute Gasteiger partial charge is 0.469 e. The van der Waals surface area contributed by atoms with Crippen LogP contribution < -0.4 is 0 Å². The Hall–Kier alpha value is -0.760. The van der Waals surface area contributed by atoms with E-state index >= 15 is 0 Å². The van der Waals surface area contributed by atoms with Crippen molar-refractivity contribution in [2.24, 2.45) is 28.6 Å². The smallest absolute Gasteiger partial charge is 0.107 e. The molecule has 3 aliphatic rings. The number of hydrogen-bond donors (Lipinski definition) is 1. The second kappa shape index (κ2) is 4.87. The molecule has 122 valence electrons. The third kappa shape index (κ3) is 1.82. The first-order valence-corrected chi connectivity index (χ1v) is 9.17. The minimum atomic E-state index is 0.130. The van der Waals surface area contributed by atoms with Gasteiger partial charge in [0.15, 0.2) is 0 Å². The fourth-order valence-corrected chi connectivity index (χ4v) is 6.71. The number of furan rings is 1. The van der Waals surface area contributed by atoms with Gasteiger partial charge in [0.05, 0.1) is 6.26 Å². The maximum Gasteiger partial charge on any atom is 0.107 e. The Morgan fingerprint density at radius 1 is 1.27 bits per heavy atom. The van der Waals surface area contributed by atoms with Crippen LogP contribution in [0.4, 0.5) is 0 Å². The van der Waals surface area contributed by atoms with E-state index in [-0.39, 0.29) is 5.41 Å². The van der Waals surface area contributed by atoms with Crippen molar-refractivity contribution >= 4 is 0 Å². The molecule has 6 atom stereocenters. The van der Waals surface area contributed by atoms with E-state index in [0.29, 0.717) is 23.9 Å². The minimum absolute atomic E-state index is 0.130. The molecule has 1 N–H and O–H groups in total. The highest BCUT2D eigenvalue weighted by molar-refractivity contribution is 5.28. The molecule has 22 heavy (non-hydrogen) atoms. The summed E-state index contributed by atoms with van der Waals surface area (Å²) in [5.74, 6) is 4.07. The van der Waals surface area contributed by atoms with Crippen LogP contribution in [0.15, 0.2) is 16.7 Å². The summed E-state index contributed by atoms with van der Waals surface area (Å²) in [6.07, 6.45) is 9.42. The van der Waals surface area contributed by atoms with Gasteiger partial charge in [-0.15, -0.1) is 0 Å². The molecule has 1 aromatic heterocycles. The molecule has 2 nitrogen and oxygen atoms in total. The zero-order valence-corrected chi connectivity index (χ0v) is 14.3. The first-order chi connectivity index (χ1) is 10.5. The van der Waals surface area contributed by atoms with E-state index < -0.39 is 0 Å². The van der Waals surface area contributed by atoms with E-state index in [1.807, 2.05) is 6.26 Å². The molecule has 3 aliphatic carbocycles. The van der Waals surface area contributed by atoms with Gasteiger partial charge in [-0.05, 0) is 71.8 Å². The van der Waals surface area contributed by atoms with Crippen molar-refractivity contribution in [3.8, 4) is 0 Å². The van der Waals surface area contributed by atoms with Gasteiger partial charge in [-0.25, -0.2) is 0 Å². The summed E-state index contributed by atoms with van der Waals surface area (Å²) in [7, 11) is 0. The van der Waals surface area contributed by atoms with Gasteiger partial charge >= 0.3 is 0 Å². The van der Waals surface area contributed by atoms with E-state index in [9.17, 15) is 5.11 Å². The van der Waals surface area contributed by atoms with Gasteiger partial charge in [-0.2, -0.15) is 0 Å². The molecule has 1 aromatic rings. The average Bonchev–Trinajstić information content (AvgIpc) is 2.97. The van der Waals surface area contributed by atoms with Crippen LogP contribution in [0.5, 0.6) is 0 Å². The van der Waals surface area contributed by atoms with Crippen molar-refractivity contribution in [2.75, 3.05) is 6.61 Å². The molecule has 0 unspecified atom stereocenters. The maximum absolute atomic E-state index is 10.1. The number of fused-ring (bicyclic) bond motifs is 4. The predicted molar refractivity (Wildman–Crippen MR) is 87.7 cm³/mol. The molecular weight excluding hydrogens is 272 g/mol. The highest BCUT2D eigenvalue weighted by atomic mass is 16.3. The van der Waals surface area contributed by atoms with Crippen LogP contribution in [0, 0.1) is 28.6 Å². The molecule has 2 heteroatoms. The van der Waals surface area contributed by atoms with Crippen molar-refractivity contribution in [1.29, 1.82) is 0 Å². The molecule has 0 aromatic carbocycles. The van der Waals surface area contributed by atoms with Crippen molar-refractivity contribution < 1.29 is 9.52 Å². The SMILES string of the molecule is C[C@H]1c2ccoc2C[C@H]2[C@H]1CC[C@H]1[C@@](C)(CO)CCC[C@]21C. The molecule has 0 bridgehead atoms. The van der Waals surface area contributed by atoms with Crippen LogP contribution in [-0.4, -0.2) is 11.7 Å². The highest BCUT2D eigenvalue weighted by Gasteiger charge is 2.57. The Morgan fingerprint density at radius 3 is 2.86 bits per heavy atom. The van der Waals surface area contributed by atoms with Gasteiger partial charge in [0.25, 0.3) is 0 Å². The van der Waals surface area contributed by atoms with E-state index in [1.165, 1.54) is 43.4 Å². The summed E-state index contributed by atoms with van der Waals surface area (Å²) in [5, 5.41) is 10.1. The fourth-order valence-electron chi connectivity index (χ4n) is 6.71. The van der Waals surface area contributed by atoms with E-state index in [1.54, 1.807) is 0 Å². The van der Waals surface area contributed by atoms with Crippen LogP contribution in [0.1, 0.15) is 70.1 Å². The highest BCUT2D eigenvalue weighted by Crippen LogP contribution is 2.64. The Balaban J connectivity index is 1.74. The molecule has 2 fully saturated rings. The number of aliphatic hydroxyl groups excluding tert-OH is 1. The molecule has 0 spiro atoms. The summed E-state index contributed by atoms with van der Waals surface area (Å²) in [5.41, 5.74) is 1.96. The van der Waals surface area contributed by atoms with Gasteiger partial charge < -0.3 is 9.52 Å². The monoisotopic (exact) mass is 302 g/mol. The Labute approximate surface area is 134 Å². The Kier molecular flexibility index (Phi) is 3.28. The third-order valence-electron chi connectivity index (χ3n) is 7.93.